The number of halogens is 3. The van der Waals surface area contributed by atoms with Crippen molar-refractivity contribution in [3.63, 3.8) is 0 Å². The molecule has 1 saturated heterocycles. The van der Waals surface area contributed by atoms with E-state index in [1.807, 2.05) is 0 Å². The van der Waals surface area contributed by atoms with E-state index in [-0.39, 0.29) is 20.4 Å². The monoisotopic (exact) mass is 413 g/mol. The Labute approximate surface area is 144 Å². The third-order valence-corrected chi connectivity index (χ3v) is 7.69. The number of benzene rings is 1. The molecule has 1 aromatic carbocycles. The molecule has 0 spiro atoms. The van der Waals surface area contributed by atoms with Crippen molar-refractivity contribution in [3.8, 4) is 0 Å². The Balaban J connectivity index is 2.41. The molecule has 1 aliphatic heterocycles. The SMILES string of the molecule is CCC1(CC)CCN(S(=O)(=O)c2c(Cl)cc(Br)cc2Cl)C1. The summed E-state index contributed by atoms with van der Waals surface area (Å²) in [6.07, 6.45) is 2.82. The third-order valence-electron chi connectivity index (χ3n) is 4.46. The largest absolute Gasteiger partial charge is 0.246 e. The molecule has 1 aromatic rings. The Morgan fingerprint density at radius 1 is 1.24 bits per heavy atom. The van der Waals surface area contributed by atoms with E-state index >= 15 is 0 Å². The van der Waals surface area contributed by atoms with Crippen molar-refractivity contribution in [2.75, 3.05) is 13.1 Å². The second kappa shape index (κ2) is 6.36. The highest BCUT2D eigenvalue weighted by Gasteiger charge is 2.41. The fraction of sp³-hybridized carbons (Fsp3) is 0.571. The van der Waals surface area contributed by atoms with E-state index in [1.54, 1.807) is 12.1 Å². The summed E-state index contributed by atoms with van der Waals surface area (Å²) >= 11 is 15.5. The lowest BCUT2D eigenvalue weighted by atomic mass is 9.82. The summed E-state index contributed by atoms with van der Waals surface area (Å²) in [6.45, 7) is 5.27. The summed E-state index contributed by atoms with van der Waals surface area (Å²) in [7, 11) is -3.66. The Hall–Kier alpha value is 0.190. The van der Waals surface area contributed by atoms with Crippen molar-refractivity contribution >= 4 is 49.2 Å². The summed E-state index contributed by atoms with van der Waals surface area (Å²) in [5.41, 5.74) is 0.0708. The first-order valence-corrected chi connectivity index (χ1v) is 9.89. The van der Waals surface area contributed by atoms with Gasteiger partial charge in [0.1, 0.15) is 4.90 Å². The Morgan fingerprint density at radius 2 is 1.76 bits per heavy atom. The number of hydrogen-bond acceptors (Lipinski definition) is 2. The molecule has 0 amide bonds. The normalized spacial score (nSPS) is 19.1. The zero-order valence-corrected chi connectivity index (χ0v) is 15.9. The Morgan fingerprint density at radius 3 is 2.19 bits per heavy atom. The van der Waals surface area contributed by atoms with Gasteiger partial charge in [0.25, 0.3) is 0 Å². The summed E-state index contributed by atoms with van der Waals surface area (Å²) in [4.78, 5) is 0.0111. The van der Waals surface area contributed by atoms with Crippen LogP contribution in [0.15, 0.2) is 21.5 Å². The fourth-order valence-electron chi connectivity index (χ4n) is 2.83. The summed E-state index contributed by atoms with van der Waals surface area (Å²) in [5, 5.41) is 0.305. The fourth-order valence-corrected chi connectivity index (χ4v) is 6.27. The van der Waals surface area contributed by atoms with Crippen LogP contribution < -0.4 is 0 Å². The summed E-state index contributed by atoms with van der Waals surface area (Å²) in [6, 6.07) is 3.12. The maximum Gasteiger partial charge on any atom is 0.246 e. The second-order valence-corrected chi connectivity index (χ2v) is 9.10. The number of rotatable bonds is 4. The lowest BCUT2D eigenvalue weighted by molar-refractivity contribution is 0.279. The van der Waals surface area contributed by atoms with Gasteiger partial charge in [-0.2, -0.15) is 4.31 Å². The maximum atomic E-state index is 12.8. The van der Waals surface area contributed by atoms with Gasteiger partial charge in [-0.15, -0.1) is 0 Å². The van der Waals surface area contributed by atoms with Crippen molar-refractivity contribution in [2.45, 2.75) is 38.0 Å². The van der Waals surface area contributed by atoms with Gasteiger partial charge in [-0.05, 0) is 36.8 Å². The first-order valence-electron chi connectivity index (χ1n) is 6.90. The minimum atomic E-state index is -3.66. The lowest BCUT2D eigenvalue weighted by Crippen LogP contribution is -2.32. The molecule has 0 aliphatic carbocycles. The van der Waals surface area contributed by atoms with Crippen LogP contribution in [0.4, 0.5) is 0 Å². The van der Waals surface area contributed by atoms with E-state index in [4.69, 9.17) is 23.2 Å². The third kappa shape index (κ3) is 3.27. The van der Waals surface area contributed by atoms with Crippen molar-refractivity contribution < 1.29 is 8.42 Å². The van der Waals surface area contributed by atoms with Gasteiger partial charge in [-0.3, -0.25) is 0 Å². The smallest absolute Gasteiger partial charge is 0.207 e. The van der Waals surface area contributed by atoms with Crippen LogP contribution in [0.1, 0.15) is 33.1 Å². The molecule has 2 rings (SSSR count). The average molecular weight is 415 g/mol. The van der Waals surface area contributed by atoms with Gasteiger partial charge < -0.3 is 0 Å². The maximum absolute atomic E-state index is 12.8. The van der Waals surface area contributed by atoms with Gasteiger partial charge in [0.2, 0.25) is 10.0 Å². The van der Waals surface area contributed by atoms with Crippen molar-refractivity contribution in [3.05, 3.63) is 26.7 Å². The van der Waals surface area contributed by atoms with E-state index in [2.05, 4.69) is 29.8 Å². The van der Waals surface area contributed by atoms with Crippen LogP contribution in [-0.2, 0) is 10.0 Å². The van der Waals surface area contributed by atoms with E-state index in [1.165, 1.54) is 4.31 Å². The molecule has 1 fully saturated rings. The quantitative estimate of drug-likeness (QED) is 0.698. The highest BCUT2D eigenvalue weighted by molar-refractivity contribution is 9.10. The molecule has 1 aliphatic rings. The van der Waals surface area contributed by atoms with Gasteiger partial charge in [0.15, 0.2) is 0 Å². The molecule has 118 valence electrons. The number of hydrogen-bond donors (Lipinski definition) is 0. The van der Waals surface area contributed by atoms with Gasteiger partial charge in [0, 0.05) is 17.6 Å². The molecule has 21 heavy (non-hydrogen) atoms. The average Bonchev–Trinajstić information content (AvgIpc) is 2.83. The molecule has 1 heterocycles. The molecular weight excluding hydrogens is 397 g/mol. The van der Waals surface area contributed by atoms with Crippen LogP contribution in [0.5, 0.6) is 0 Å². The highest BCUT2D eigenvalue weighted by Crippen LogP contribution is 2.42. The molecular formula is C14H18BrCl2NO2S. The van der Waals surface area contributed by atoms with Gasteiger partial charge >= 0.3 is 0 Å². The van der Waals surface area contributed by atoms with Crippen LogP contribution in [0.25, 0.3) is 0 Å². The van der Waals surface area contributed by atoms with Crippen LogP contribution in [0.3, 0.4) is 0 Å². The predicted molar refractivity (Wildman–Crippen MR) is 90.6 cm³/mol. The zero-order chi connectivity index (χ0) is 15.8. The molecule has 0 radical (unpaired) electrons. The van der Waals surface area contributed by atoms with Crippen molar-refractivity contribution in [1.29, 1.82) is 0 Å². The van der Waals surface area contributed by atoms with Crippen molar-refractivity contribution in [1.82, 2.24) is 4.31 Å². The van der Waals surface area contributed by atoms with Crippen LogP contribution in [-0.4, -0.2) is 25.8 Å². The highest BCUT2D eigenvalue weighted by atomic mass is 79.9. The van der Waals surface area contributed by atoms with Crippen LogP contribution >= 0.6 is 39.1 Å². The molecule has 3 nitrogen and oxygen atoms in total. The minimum absolute atomic E-state index is 0.0111. The molecule has 0 aromatic heterocycles. The summed E-state index contributed by atoms with van der Waals surface area (Å²) in [5.74, 6) is 0. The van der Waals surface area contributed by atoms with Crippen molar-refractivity contribution in [2.24, 2.45) is 5.41 Å². The van der Waals surface area contributed by atoms with E-state index in [0.29, 0.717) is 17.6 Å². The molecule has 0 bridgehead atoms. The van der Waals surface area contributed by atoms with E-state index in [0.717, 1.165) is 19.3 Å². The zero-order valence-electron chi connectivity index (χ0n) is 12.0. The first-order chi connectivity index (χ1) is 9.75. The minimum Gasteiger partial charge on any atom is -0.207 e. The van der Waals surface area contributed by atoms with E-state index < -0.39 is 10.0 Å². The topological polar surface area (TPSA) is 37.4 Å². The van der Waals surface area contributed by atoms with E-state index in [9.17, 15) is 8.42 Å². The Bertz CT molecular complexity index is 621. The van der Waals surface area contributed by atoms with Crippen LogP contribution in [0.2, 0.25) is 10.0 Å². The number of nitrogens with zero attached hydrogens (tertiary/aromatic N) is 1. The second-order valence-electron chi connectivity index (χ2n) is 5.49. The standard InChI is InChI=1S/C14H18BrCl2NO2S/c1-3-14(4-2)5-6-18(9-14)21(19,20)13-11(16)7-10(15)8-12(13)17/h7-8H,3-6,9H2,1-2H3. The van der Waals surface area contributed by atoms with Gasteiger partial charge in [-0.1, -0.05) is 53.0 Å². The number of sulfonamides is 1. The molecule has 0 unspecified atom stereocenters. The molecule has 0 saturated carbocycles. The molecule has 0 N–H and O–H groups in total. The summed E-state index contributed by atoms with van der Waals surface area (Å²) < 4.78 is 27.9. The Kier molecular flexibility index (Phi) is 5.31. The predicted octanol–water partition coefficient (Wildman–Crippen LogP) is 4.96. The van der Waals surface area contributed by atoms with Gasteiger partial charge in [0.05, 0.1) is 10.0 Å². The molecule has 7 heteroatoms. The van der Waals surface area contributed by atoms with Gasteiger partial charge in [-0.25, -0.2) is 8.42 Å². The van der Waals surface area contributed by atoms with Crippen LogP contribution in [0, 0.1) is 5.41 Å². The lowest BCUT2D eigenvalue weighted by Gasteiger charge is -2.26. The molecule has 0 atom stereocenters. The first kappa shape index (κ1) is 17.5.